The molecule has 1 aliphatic rings. The Balaban J connectivity index is 2.21. The molecule has 9 heteroatoms. The highest BCUT2D eigenvalue weighted by Gasteiger charge is 2.28. The highest BCUT2D eigenvalue weighted by molar-refractivity contribution is 9.10. The minimum Gasteiger partial charge on any atom is -0.378 e. The normalized spacial score (nSPS) is 15.9. The van der Waals surface area contributed by atoms with Crippen molar-refractivity contribution < 1.29 is 14.5 Å². The molecule has 0 aliphatic carbocycles. The lowest BCUT2D eigenvalue weighted by Crippen LogP contribution is -2.41. The van der Waals surface area contributed by atoms with E-state index in [4.69, 9.17) is 4.74 Å². The number of amides is 1. The minimum atomic E-state index is -0.632. The van der Waals surface area contributed by atoms with Gasteiger partial charge in [0.05, 0.1) is 13.2 Å². The molecule has 0 radical (unpaired) electrons. The molecule has 0 bridgehead atoms. The second kappa shape index (κ2) is 4.80. The molecule has 0 atom stereocenters. The zero-order chi connectivity index (χ0) is 12.4. The third kappa shape index (κ3) is 2.29. The van der Waals surface area contributed by atoms with Gasteiger partial charge in [0.2, 0.25) is 0 Å². The molecule has 2 heterocycles. The summed E-state index contributed by atoms with van der Waals surface area (Å²) in [6, 6.07) is 0. The Morgan fingerprint density at radius 2 is 2.18 bits per heavy atom. The largest absolute Gasteiger partial charge is 0.378 e. The molecule has 0 spiro atoms. The van der Waals surface area contributed by atoms with Crippen LogP contribution in [0.4, 0.5) is 5.82 Å². The van der Waals surface area contributed by atoms with Crippen molar-refractivity contribution in [1.29, 1.82) is 0 Å². The number of hydrogen-bond donors (Lipinski definition) is 1. The van der Waals surface area contributed by atoms with Crippen LogP contribution in [0, 0.1) is 10.1 Å². The van der Waals surface area contributed by atoms with Gasteiger partial charge in [-0.3, -0.25) is 4.79 Å². The molecule has 1 fully saturated rings. The van der Waals surface area contributed by atoms with Crippen LogP contribution in [-0.2, 0) is 4.74 Å². The van der Waals surface area contributed by atoms with Crippen molar-refractivity contribution in [1.82, 2.24) is 15.1 Å². The van der Waals surface area contributed by atoms with Gasteiger partial charge in [0.25, 0.3) is 5.91 Å². The maximum Gasteiger partial charge on any atom is 0.357 e. The maximum absolute atomic E-state index is 12.0. The number of carbonyl (C=O) groups excluding carboxylic acids is 1. The van der Waals surface area contributed by atoms with Crippen LogP contribution in [0.25, 0.3) is 0 Å². The van der Waals surface area contributed by atoms with Gasteiger partial charge >= 0.3 is 5.82 Å². The van der Waals surface area contributed by atoms with E-state index in [1.165, 1.54) is 0 Å². The first-order valence-electron chi connectivity index (χ1n) is 4.86. The summed E-state index contributed by atoms with van der Waals surface area (Å²) in [5, 5.41) is 16.5. The van der Waals surface area contributed by atoms with Crippen LogP contribution in [0.15, 0.2) is 4.47 Å². The number of halogens is 1. The van der Waals surface area contributed by atoms with Crippen LogP contribution >= 0.6 is 15.9 Å². The summed E-state index contributed by atoms with van der Waals surface area (Å²) in [4.78, 5) is 23.5. The molecule has 8 nitrogen and oxygen atoms in total. The van der Waals surface area contributed by atoms with E-state index in [0.717, 1.165) is 0 Å². The number of rotatable bonds is 2. The Hall–Kier alpha value is -1.48. The number of nitrogens with one attached hydrogen (secondary N) is 1. The lowest BCUT2D eigenvalue weighted by Gasteiger charge is -2.25. The molecular formula is C8H9BrN4O4. The predicted molar refractivity (Wildman–Crippen MR) is 59.7 cm³/mol. The molecule has 1 amide bonds. The van der Waals surface area contributed by atoms with E-state index in [1.54, 1.807) is 4.90 Å². The van der Waals surface area contributed by atoms with Gasteiger partial charge < -0.3 is 19.8 Å². The second-order valence-corrected chi connectivity index (χ2v) is 4.19. The van der Waals surface area contributed by atoms with Crippen molar-refractivity contribution in [3.63, 3.8) is 0 Å². The molecule has 1 saturated heterocycles. The quantitative estimate of drug-likeness (QED) is 0.635. The van der Waals surface area contributed by atoms with Gasteiger partial charge in [0.15, 0.2) is 5.69 Å². The number of H-pyrrole nitrogens is 1. The first kappa shape index (κ1) is 12.0. The number of nitrogens with zero attached hydrogens (tertiary/aromatic N) is 3. The standard InChI is InChI=1S/C8H9BrN4O4/c9-5-6(10-11-7(5)13(15)16)8(14)12-1-3-17-4-2-12/h1-4H2,(H,10,11). The second-order valence-electron chi connectivity index (χ2n) is 3.40. The lowest BCUT2D eigenvalue weighted by molar-refractivity contribution is -0.390. The Kier molecular flexibility index (Phi) is 3.38. The molecule has 0 saturated carbocycles. The molecule has 17 heavy (non-hydrogen) atoms. The molecule has 0 unspecified atom stereocenters. The fourth-order valence-corrected chi connectivity index (χ4v) is 1.99. The lowest BCUT2D eigenvalue weighted by atomic mass is 10.3. The van der Waals surface area contributed by atoms with Crippen LogP contribution in [0.5, 0.6) is 0 Å². The SMILES string of the molecule is O=C(c1n[nH]c([N+](=O)[O-])c1Br)N1CCOCC1. The molecule has 1 aliphatic heterocycles. The summed E-state index contributed by atoms with van der Waals surface area (Å²) in [6.45, 7) is 1.86. The summed E-state index contributed by atoms with van der Waals surface area (Å²) in [7, 11) is 0. The van der Waals surface area contributed by atoms with Crippen LogP contribution in [0.2, 0.25) is 0 Å². The van der Waals surface area contributed by atoms with Crippen molar-refractivity contribution >= 4 is 27.7 Å². The summed E-state index contributed by atoms with van der Waals surface area (Å²) in [5.41, 5.74) is 0.0265. The van der Waals surface area contributed by atoms with E-state index in [1.807, 2.05) is 0 Å². The number of aromatic nitrogens is 2. The Morgan fingerprint density at radius 3 is 2.71 bits per heavy atom. The molecular weight excluding hydrogens is 296 g/mol. The number of ether oxygens (including phenoxy) is 1. The average Bonchev–Trinajstić information content (AvgIpc) is 2.71. The first-order chi connectivity index (χ1) is 8.11. The van der Waals surface area contributed by atoms with Gasteiger partial charge in [-0.25, -0.2) is 0 Å². The van der Waals surface area contributed by atoms with E-state index in [-0.39, 0.29) is 21.9 Å². The summed E-state index contributed by atoms with van der Waals surface area (Å²) in [6.07, 6.45) is 0. The number of hydrogen-bond acceptors (Lipinski definition) is 5. The van der Waals surface area contributed by atoms with Gasteiger partial charge in [0.1, 0.15) is 4.47 Å². The molecule has 92 valence electrons. The zero-order valence-electron chi connectivity index (χ0n) is 8.68. The highest BCUT2D eigenvalue weighted by Crippen LogP contribution is 2.26. The maximum atomic E-state index is 12.0. The highest BCUT2D eigenvalue weighted by atomic mass is 79.9. The smallest absolute Gasteiger partial charge is 0.357 e. The van der Waals surface area contributed by atoms with Crippen molar-refractivity contribution in [3.8, 4) is 0 Å². The van der Waals surface area contributed by atoms with Crippen LogP contribution in [0.1, 0.15) is 10.5 Å². The van der Waals surface area contributed by atoms with Gasteiger partial charge in [-0.2, -0.15) is 0 Å². The third-order valence-corrected chi connectivity index (χ3v) is 3.12. The number of nitro groups is 1. The van der Waals surface area contributed by atoms with E-state index >= 15 is 0 Å². The van der Waals surface area contributed by atoms with Gasteiger partial charge in [-0.05, 0) is 20.9 Å². The van der Waals surface area contributed by atoms with Crippen molar-refractivity contribution in [2.75, 3.05) is 26.3 Å². The van der Waals surface area contributed by atoms with E-state index in [0.29, 0.717) is 26.3 Å². The zero-order valence-corrected chi connectivity index (χ0v) is 10.3. The topological polar surface area (TPSA) is 101 Å². The van der Waals surface area contributed by atoms with Crippen LogP contribution in [0.3, 0.4) is 0 Å². The minimum absolute atomic E-state index is 0.0265. The van der Waals surface area contributed by atoms with Crippen molar-refractivity contribution in [3.05, 3.63) is 20.3 Å². The predicted octanol–water partition coefficient (Wildman–Crippen LogP) is 0.553. The van der Waals surface area contributed by atoms with Crippen LogP contribution in [-0.4, -0.2) is 52.2 Å². The molecule has 1 aromatic rings. The fraction of sp³-hybridized carbons (Fsp3) is 0.500. The molecule has 1 N–H and O–H groups in total. The van der Waals surface area contributed by atoms with Crippen molar-refractivity contribution in [2.45, 2.75) is 0 Å². The molecule has 2 rings (SSSR count). The first-order valence-corrected chi connectivity index (χ1v) is 5.66. The number of morpholine rings is 1. The summed E-state index contributed by atoms with van der Waals surface area (Å²) >= 11 is 3.00. The number of aromatic amines is 1. The van der Waals surface area contributed by atoms with E-state index < -0.39 is 4.92 Å². The van der Waals surface area contributed by atoms with Crippen molar-refractivity contribution in [2.24, 2.45) is 0 Å². The fourth-order valence-electron chi connectivity index (χ4n) is 1.50. The average molecular weight is 305 g/mol. The summed E-state index contributed by atoms with van der Waals surface area (Å²) in [5.74, 6) is -0.661. The summed E-state index contributed by atoms with van der Waals surface area (Å²) < 4.78 is 5.20. The van der Waals surface area contributed by atoms with Gasteiger partial charge in [-0.15, -0.1) is 5.10 Å². The Morgan fingerprint density at radius 1 is 1.53 bits per heavy atom. The van der Waals surface area contributed by atoms with Gasteiger partial charge in [0, 0.05) is 13.1 Å². The van der Waals surface area contributed by atoms with Crippen LogP contribution < -0.4 is 0 Å². The Labute approximate surface area is 104 Å². The van der Waals surface area contributed by atoms with Gasteiger partial charge in [-0.1, -0.05) is 5.10 Å². The number of carbonyl (C=O) groups is 1. The monoisotopic (exact) mass is 304 g/mol. The third-order valence-electron chi connectivity index (χ3n) is 2.37. The van der Waals surface area contributed by atoms with E-state index in [9.17, 15) is 14.9 Å². The molecule has 0 aromatic carbocycles. The van der Waals surface area contributed by atoms with E-state index in [2.05, 4.69) is 26.1 Å². The molecule has 1 aromatic heterocycles. The Bertz CT molecular complexity index is 454.